The van der Waals surface area contributed by atoms with E-state index in [1.807, 2.05) is 18.2 Å². The molecule has 5 nitrogen and oxygen atoms in total. The molecule has 3 rings (SSSR count). The van der Waals surface area contributed by atoms with E-state index in [2.05, 4.69) is 49.5 Å². The zero-order valence-electron chi connectivity index (χ0n) is 12.5. The average molecular weight is 363 g/mol. The molecular formula is C16H19BrN4O. The summed E-state index contributed by atoms with van der Waals surface area (Å²) in [6, 6.07) is 7.97. The molecule has 116 valence electrons. The van der Waals surface area contributed by atoms with Gasteiger partial charge >= 0.3 is 0 Å². The number of rotatable bonds is 5. The number of aromatic nitrogens is 2. The Morgan fingerprint density at radius 2 is 2.27 bits per heavy atom. The summed E-state index contributed by atoms with van der Waals surface area (Å²) in [6.07, 6.45) is 4.26. The van der Waals surface area contributed by atoms with Crippen LogP contribution in [0, 0.1) is 6.92 Å². The van der Waals surface area contributed by atoms with Gasteiger partial charge in [-0.25, -0.2) is 4.98 Å². The number of halogens is 1. The summed E-state index contributed by atoms with van der Waals surface area (Å²) in [4.78, 5) is 8.73. The van der Waals surface area contributed by atoms with E-state index in [0.29, 0.717) is 5.95 Å². The second-order valence-electron chi connectivity index (χ2n) is 5.37. The summed E-state index contributed by atoms with van der Waals surface area (Å²) in [7, 11) is 0. The maximum atomic E-state index is 5.59. The minimum absolute atomic E-state index is 0.273. The minimum Gasteiger partial charge on any atom is -0.376 e. The third-order valence-electron chi connectivity index (χ3n) is 3.60. The highest BCUT2D eigenvalue weighted by atomic mass is 79.9. The van der Waals surface area contributed by atoms with E-state index in [1.54, 1.807) is 6.20 Å². The number of hydrogen-bond donors (Lipinski definition) is 2. The minimum atomic E-state index is 0.273. The lowest BCUT2D eigenvalue weighted by atomic mass is 10.2. The SMILES string of the molecule is Cc1cc(Nc2ccnc(NCC3CCCO3)n2)ccc1Br. The first-order valence-electron chi connectivity index (χ1n) is 7.42. The number of ether oxygens (including phenoxy) is 1. The molecule has 1 aromatic carbocycles. The van der Waals surface area contributed by atoms with Crippen molar-refractivity contribution in [3.63, 3.8) is 0 Å². The zero-order chi connectivity index (χ0) is 15.4. The van der Waals surface area contributed by atoms with E-state index in [4.69, 9.17) is 4.74 Å². The van der Waals surface area contributed by atoms with Crippen molar-refractivity contribution >= 4 is 33.4 Å². The second-order valence-corrected chi connectivity index (χ2v) is 6.22. The Bertz CT molecular complexity index is 644. The summed E-state index contributed by atoms with van der Waals surface area (Å²) in [5.74, 6) is 1.39. The molecule has 0 spiro atoms. The highest BCUT2D eigenvalue weighted by molar-refractivity contribution is 9.10. The van der Waals surface area contributed by atoms with Crippen LogP contribution in [0.1, 0.15) is 18.4 Å². The molecule has 1 aliphatic heterocycles. The number of aryl methyl sites for hydroxylation is 1. The number of nitrogens with one attached hydrogen (secondary N) is 2. The van der Waals surface area contributed by atoms with Crippen molar-refractivity contribution in [1.29, 1.82) is 0 Å². The van der Waals surface area contributed by atoms with Gasteiger partial charge in [-0.2, -0.15) is 4.98 Å². The number of benzene rings is 1. The van der Waals surface area contributed by atoms with Crippen molar-refractivity contribution in [2.24, 2.45) is 0 Å². The first-order chi connectivity index (χ1) is 10.7. The van der Waals surface area contributed by atoms with Crippen LogP contribution in [0.5, 0.6) is 0 Å². The molecule has 1 fully saturated rings. The van der Waals surface area contributed by atoms with Crippen LogP contribution < -0.4 is 10.6 Å². The van der Waals surface area contributed by atoms with Crippen molar-refractivity contribution < 1.29 is 4.74 Å². The molecule has 22 heavy (non-hydrogen) atoms. The Balaban J connectivity index is 1.63. The first kappa shape index (κ1) is 15.2. The van der Waals surface area contributed by atoms with E-state index in [1.165, 1.54) is 5.56 Å². The fraction of sp³-hybridized carbons (Fsp3) is 0.375. The zero-order valence-corrected chi connectivity index (χ0v) is 14.1. The third kappa shape index (κ3) is 3.96. The number of anilines is 3. The topological polar surface area (TPSA) is 59.1 Å². The van der Waals surface area contributed by atoms with Crippen molar-refractivity contribution in [1.82, 2.24) is 9.97 Å². The van der Waals surface area contributed by atoms with Crippen molar-refractivity contribution in [3.8, 4) is 0 Å². The van der Waals surface area contributed by atoms with Crippen LogP contribution in [0.25, 0.3) is 0 Å². The number of nitrogens with zero attached hydrogens (tertiary/aromatic N) is 2. The molecule has 0 saturated carbocycles. The second kappa shape index (κ2) is 7.07. The molecule has 1 aliphatic rings. The van der Waals surface area contributed by atoms with Gasteiger partial charge in [0.1, 0.15) is 5.82 Å². The molecule has 0 aliphatic carbocycles. The van der Waals surface area contributed by atoms with Gasteiger partial charge in [0.25, 0.3) is 0 Å². The quantitative estimate of drug-likeness (QED) is 0.844. The smallest absolute Gasteiger partial charge is 0.224 e. The van der Waals surface area contributed by atoms with E-state index in [9.17, 15) is 0 Å². The van der Waals surface area contributed by atoms with E-state index in [0.717, 1.165) is 42.0 Å². The fourth-order valence-electron chi connectivity index (χ4n) is 2.39. The van der Waals surface area contributed by atoms with Gasteiger partial charge in [-0.05, 0) is 49.6 Å². The third-order valence-corrected chi connectivity index (χ3v) is 4.49. The lowest BCUT2D eigenvalue weighted by Crippen LogP contribution is -2.19. The van der Waals surface area contributed by atoms with Crippen LogP contribution in [-0.4, -0.2) is 29.2 Å². The van der Waals surface area contributed by atoms with Gasteiger partial charge in [0, 0.05) is 29.5 Å². The predicted octanol–water partition coefficient (Wildman–Crippen LogP) is 3.88. The average Bonchev–Trinajstić information content (AvgIpc) is 3.03. The maximum Gasteiger partial charge on any atom is 0.224 e. The number of hydrogen-bond acceptors (Lipinski definition) is 5. The Morgan fingerprint density at radius 3 is 3.05 bits per heavy atom. The van der Waals surface area contributed by atoms with Crippen molar-refractivity contribution in [3.05, 3.63) is 40.5 Å². The van der Waals surface area contributed by atoms with E-state index >= 15 is 0 Å². The first-order valence-corrected chi connectivity index (χ1v) is 8.22. The summed E-state index contributed by atoms with van der Waals surface area (Å²) in [5, 5.41) is 6.54. The highest BCUT2D eigenvalue weighted by Crippen LogP contribution is 2.22. The molecular weight excluding hydrogens is 344 g/mol. The monoisotopic (exact) mass is 362 g/mol. The van der Waals surface area contributed by atoms with Crippen molar-refractivity contribution in [2.75, 3.05) is 23.8 Å². The van der Waals surface area contributed by atoms with Crippen LogP contribution >= 0.6 is 15.9 Å². The summed E-state index contributed by atoms with van der Waals surface area (Å²) >= 11 is 3.50. The van der Waals surface area contributed by atoms with Crippen LogP contribution in [-0.2, 0) is 4.74 Å². The van der Waals surface area contributed by atoms with E-state index < -0.39 is 0 Å². The van der Waals surface area contributed by atoms with Crippen molar-refractivity contribution in [2.45, 2.75) is 25.9 Å². The van der Waals surface area contributed by atoms with Gasteiger partial charge in [-0.1, -0.05) is 15.9 Å². The van der Waals surface area contributed by atoms with Gasteiger partial charge in [0.05, 0.1) is 6.10 Å². The summed E-state index contributed by atoms with van der Waals surface area (Å²) in [5.41, 5.74) is 2.18. The van der Waals surface area contributed by atoms with Gasteiger partial charge in [-0.15, -0.1) is 0 Å². The van der Waals surface area contributed by atoms with Gasteiger partial charge in [-0.3, -0.25) is 0 Å². The van der Waals surface area contributed by atoms with Gasteiger partial charge < -0.3 is 15.4 Å². The lowest BCUT2D eigenvalue weighted by Gasteiger charge is -2.12. The standard InChI is InChI=1S/C16H19BrN4O/c1-11-9-12(4-5-14(11)17)20-15-6-7-18-16(21-15)19-10-13-3-2-8-22-13/h4-7,9,13H,2-3,8,10H2,1H3,(H2,18,19,20,21). The molecule has 1 saturated heterocycles. The molecule has 2 heterocycles. The van der Waals surface area contributed by atoms with Gasteiger partial charge in [0.2, 0.25) is 5.95 Å². The van der Waals surface area contributed by atoms with E-state index in [-0.39, 0.29) is 6.10 Å². The van der Waals surface area contributed by atoms with Crippen LogP contribution in [0.2, 0.25) is 0 Å². The predicted molar refractivity (Wildman–Crippen MR) is 91.7 cm³/mol. The summed E-state index contributed by atoms with van der Waals surface area (Å²) < 4.78 is 6.68. The molecule has 0 radical (unpaired) electrons. The van der Waals surface area contributed by atoms with Crippen LogP contribution in [0.15, 0.2) is 34.9 Å². The normalized spacial score (nSPS) is 17.5. The van der Waals surface area contributed by atoms with Crippen LogP contribution in [0.3, 0.4) is 0 Å². The fourth-order valence-corrected chi connectivity index (χ4v) is 2.64. The molecule has 0 amide bonds. The Hall–Kier alpha value is -1.66. The van der Waals surface area contributed by atoms with Crippen LogP contribution in [0.4, 0.5) is 17.5 Å². The lowest BCUT2D eigenvalue weighted by molar-refractivity contribution is 0.120. The van der Waals surface area contributed by atoms with Gasteiger partial charge in [0.15, 0.2) is 0 Å². The molecule has 0 bridgehead atoms. The summed E-state index contributed by atoms with van der Waals surface area (Å²) in [6.45, 7) is 3.67. The Labute approximate surface area is 138 Å². The largest absolute Gasteiger partial charge is 0.376 e. The molecule has 2 aromatic rings. The highest BCUT2D eigenvalue weighted by Gasteiger charge is 2.15. The molecule has 1 atom stereocenters. The Morgan fingerprint density at radius 1 is 1.36 bits per heavy atom. The maximum absolute atomic E-state index is 5.59. The Kier molecular flexibility index (Phi) is 4.90. The molecule has 1 unspecified atom stereocenters. The molecule has 1 aromatic heterocycles. The molecule has 2 N–H and O–H groups in total. The molecule has 6 heteroatoms.